The summed E-state index contributed by atoms with van der Waals surface area (Å²) in [5.41, 5.74) is 0.693. The van der Waals surface area contributed by atoms with Crippen molar-refractivity contribution in [3.63, 3.8) is 0 Å². The van der Waals surface area contributed by atoms with Crippen LogP contribution in [-0.2, 0) is 4.79 Å². The first-order valence-electron chi connectivity index (χ1n) is 5.14. The first-order chi connectivity index (χ1) is 7.52. The summed E-state index contributed by atoms with van der Waals surface area (Å²) in [6, 6.07) is 7.11. The van der Waals surface area contributed by atoms with Crippen LogP contribution in [0.3, 0.4) is 0 Å². The molecule has 1 aromatic carbocycles. The van der Waals surface area contributed by atoms with E-state index in [0.717, 1.165) is 6.54 Å². The lowest BCUT2D eigenvalue weighted by molar-refractivity contribution is -0.139. The van der Waals surface area contributed by atoms with Crippen molar-refractivity contribution in [3.05, 3.63) is 34.9 Å². The third-order valence-electron chi connectivity index (χ3n) is 2.44. The molecule has 0 aliphatic carbocycles. The van der Waals surface area contributed by atoms with Gasteiger partial charge < -0.3 is 10.0 Å². The van der Waals surface area contributed by atoms with Crippen LogP contribution < -0.4 is 0 Å². The second-order valence-electron chi connectivity index (χ2n) is 4.00. The molecule has 88 valence electrons. The fraction of sp³-hybridized carbons (Fsp3) is 0.417. The number of carboxylic acid groups (broad SMARTS) is 1. The van der Waals surface area contributed by atoms with Gasteiger partial charge in [0.2, 0.25) is 0 Å². The van der Waals surface area contributed by atoms with E-state index in [4.69, 9.17) is 11.6 Å². The zero-order valence-corrected chi connectivity index (χ0v) is 10.2. The first kappa shape index (κ1) is 13.0. The molecule has 3 nitrogen and oxygen atoms in total. The van der Waals surface area contributed by atoms with Gasteiger partial charge >= 0.3 is 5.97 Å². The molecular weight excluding hydrogens is 226 g/mol. The zero-order valence-electron chi connectivity index (χ0n) is 9.48. The van der Waals surface area contributed by atoms with Crippen LogP contribution >= 0.6 is 11.6 Å². The van der Waals surface area contributed by atoms with Crippen molar-refractivity contribution in [2.24, 2.45) is 0 Å². The first-order valence-corrected chi connectivity index (χ1v) is 5.52. The molecule has 0 bridgehead atoms. The summed E-state index contributed by atoms with van der Waals surface area (Å²) < 4.78 is 0. The number of nitrogens with zero attached hydrogens (tertiary/aromatic N) is 1. The number of rotatable bonds is 5. The Morgan fingerprint density at radius 3 is 2.56 bits per heavy atom. The Kier molecular flexibility index (Phi) is 4.77. The Labute approximate surface area is 101 Å². The van der Waals surface area contributed by atoms with Crippen molar-refractivity contribution in [1.29, 1.82) is 0 Å². The minimum absolute atomic E-state index is 0.522. The van der Waals surface area contributed by atoms with E-state index in [1.54, 1.807) is 18.2 Å². The van der Waals surface area contributed by atoms with Crippen molar-refractivity contribution in [2.45, 2.75) is 12.3 Å². The van der Waals surface area contributed by atoms with Gasteiger partial charge in [-0.1, -0.05) is 29.8 Å². The number of carbonyl (C=O) groups is 1. The van der Waals surface area contributed by atoms with Crippen LogP contribution in [0.2, 0.25) is 5.02 Å². The molecular formula is C12H16ClNO2. The summed E-state index contributed by atoms with van der Waals surface area (Å²) in [5, 5.41) is 9.71. The average molecular weight is 242 g/mol. The molecule has 0 aliphatic heterocycles. The molecule has 0 radical (unpaired) electrons. The Hall–Kier alpha value is -1.06. The molecule has 0 aliphatic rings. The molecule has 0 spiro atoms. The fourth-order valence-electron chi connectivity index (χ4n) is 1.56. The fourth-order valence-corrected chi connectivity index (χ4v) is 1.82. The summed E-state index contributed by atoms with van der Waals surface area (Å²) in [7, 11) is 3.84. The molecule has 1 atom stereocenters. The Morgan fingerprint density at radius 2 is 2.06 bits per heavy atom. The van der Waals surface area contributed by atoms with Gasteiger partial charge in [-0.2, -0.15) is 0 Å². The van der Waals surface area contributed by atoms with E-state index in [0.29, 0.717) is 17.0 Å². The van der Waals surface area contributed by atoms with Crippen molar-refractivity contribution in [2.75, 3.05) is 20.6 Å². The van der Waals surface area contributed by atoms with E-state index in [9.17, 15) is 9.90 Å². The van der Waals surface area contributed by atoms with E-state index in [1.165, 1.54) is 0 Å². The largest absolute Gasteiger partial charge is 0.481 e. The third kappa shape index (κ3) is 3.51. The monoisotopic (exact) mass is 241 g/mol. The molecule has 1 unspecified atom stereocenters. The third-order valence-corrected chi connectivity index (χ3v) is 2.79. The van der Waals surface area contributed by atoms with Crippen molar-refractivity contribution in [1.82, 2.24) is 4.90 Å². The predicted molar refractivity (Wildman–Crippen MR) is 65.0 cm³/mol. The maximum atomic E-state index is 11.2. The lowest BCUT2D eigenvalue weighted by Crippen LogP contribution is -2.20. The molecule has 0 fully saturated rings. The van der Waals surface area contributed by atoms with Crippen LogP contribution in [0.25, 0.3) is 0 Å². The highest BCUT2D eigenvalue weighted by Gasteiger charge is 2.21. The molecule has 1 rings (SSSR count). The van der Waals surface area contributed by atoms with Crippen LogP contribution in [0, 0.1) is 0 Å². The second-order valence-corrected chi connectivity index (χ2v) is 4.41. The molecule has 1 N–H and O–H groups in total. The van der Waals surface area contributed by atoms with Gasteiger partial charge in [0.15, 0.2) is 0 Å². The lowest BCUT2D eigenvalue weighted by Gasteiger charge is -2.16. The molecule has 0 saturated heterocycles. The number of hydrogen-bond acceptors (Lipinski definition) is 2. The van der Waals surface area contributed by atoms with Gasteiger partial charge in [0.25, 0.3) is 0 Å². The van der Waals surface area contributed by atoms with Crippen LogP contribution in [0.1, 0.15) is 17.9 Å². The topological polar surface area (TPSA) is 40.5 Å². The molecule has 1 aromatic rings. The number of benzene rings is 1. The molecule has 0 aromatic heterocycles. The quantitative estimate of drug-likeness (QED) is 0.861. The predicted octanol–water partition coefficient (Wildman–Crippen LogP) is 2.46. The van der Waals surface area contributed by atoms with Gasteiger partial charge in [-0.05, 0) is 38.7 Å². The highest BCUT2D eigenvalue weighted by molar-refractivity contribution is 6.31. The zero-order chi connectivity index (χ0) is 12.1. The Morgan fingerprint density at radius 1 is 1.44 bits per heavy atom. The van der Waals surface area contributed by atoms with Gasteiger partial charge in [0, 0.05) is 5.02 Å². The molecule has 4 heteroatoms. The van der Waals surface area contributed by atoms with Gasteiger partial charge in [0.05, 0.1) is 5.92 Å². The standard InChI is InChI=1S/C12H16ClNO2/c1-14(2)8-7-10(12(15)16)9-5-3-4-6-11(9)13/h3-6,10H,7-8H2,1-2H3,(H,15,16). The van der Waals surface area contributed by atoms with Crippen LogP contribution in [0.5, 0.6) is 0 Å². The van der Waals surface area contributed by atoms with Gasteiger partial charge in [-0.15, -0.1) is 0 Å². The van der Waals surface area contributed by atoms with Crippen LogP contribution in [0.15, 0.2) is 24.3 Å². The summed E-state index contributed by atoms with van der Waals surface area (Å²) >= 11 is 6.00. The Balaban J connectivity index is 2.86. The van der Waals surface area contributed by atoms with Crippen molar-refractivity contribution in [3.8, 4) is 0 Å². The number of aliphatic carboxylic acids is 1. The second kappa shape index (κ2) is 5.87. The average Bonchev–Trinajstić information content (AvgIpc) is 2.20. The minimum Gasteiger partial charge on any atom is -0.481 e. The maximum Gasteiger partial charge on any atom is 0.311 e. The van der Waals surface area contributed by atoms with E-state index in [2.05, 4.69) is 0 Å². The van der Waals surface area contributed by atoms with E-state index in [-0.39, 0.29) is 0 Å². The Bertz CT molecular complexity index is 366. The number of carboxylic acids is 1. The number of hydrogen-bond donors (Lipinski definition) is 1. The SMILES string of the molecule is CN(C)CCC(C(=O)O)c1ccccc1Cl. The van der Waals surface area contributed by atoms with Gasteiger partial charge in [0.1, 0.15) is 0 Å². The van der Waals surface area contributed by atoms with E-state index in [1.807, 2.05) is 25.1 Å². The van der Waals surface area contributed by atoms with Crippen LogP contribution in [-0.4, -0.2) is 36.6 Å². The number of halogens is 1. The summed E-state index contributed by atoms with van der Waals surface area (Å²) in [4.78, 5) is 13.2. The molecule has 0 amide bonds. The van der Waals surface area contributed by atoms with E-state index >= 15 is 0 Å². The van der Waals surface area contributed by atoms with Crippen LogP contribution in [0.4, 0.5) is 0 Å². The summed E-state index contributed by atoms with van der Waals surface area (Å²) in [6.45, 7) is 0.724. The molecule has 16 heavy (non-hydrogen) atoms. The molecule has 0 saturated carbocycles. The normalized spacial score (nSPS) is 12.8. The summed E-state index contributed by atoms with van der Waals surface area (Å²) in [5.74, 6) is -1.36. The van der Waals surface area contributed by atoms with Crippen molar-refractivity contribution >= 4 is 17.6 Å². The maximum absolute atomic E-state index is 11.2. The molecule has 0 heterocycles. The lowest BCUT2D eigenvalue weighted by atomic mass is 9.95. The van der Waals surface area contributed by atoms with Gasteiger partial charge in [-0.3, -0.25) is 4.79 Å². The van der Waals surface area contributed by atoms with Gasteiger partial charge in [-0.25, -0.2) is 0 Å². The minimum atomic E-state index is -0.824. The van der Waals surface area contributed by atoms with E-state index < -0.39 is 11.9 Å². The summed E-state index contributed by atoms with van der Waals surface area (Å²) in [6.07, 6.45) is 0.562. The highest BCUT2D eigenvalue weighted by atomic mass is 35.5. The van der Waals surface area contributed by atoms with Crippen molar-refractivity contribution < 1.29 is 9.90 Å². The highest BCUT2D eigenvalue weighted by Crippen LogP contribution is 2.27. The smallest absolute Gasteiger partial charge is 0.311 e.